The third-order valence-electron chi connectivity index (χ3n) is 2.87. The standard InChI is InChI=1S/C12H15NO2/c13-11(7-8-5-6-8)9-3-1-2-4-10(9)12(14)15/h1-4,8,11H,5-7,13H2,(H,14,15)/t11-/m0/s1. The summed E-state index contributed by atoms with van der Waals surface area (Å²) in [7, 11) is 0. The van der Waals surface area contributed by atoms with E-state index in [0.717, 1.165) is 12.0 Å². The molecule has 1 aliphatic rings. The topological polar surface area (TPSA) is 63.3 Å². The van der Waals surface area contributed by atoms with E-state index in [0.29, 0.717) is 11.5 Å². The fourth-order valence-electron chi connectivity index (χ4n) is 1.85. The first-order valence-corrected chi connectivity index (χ1v) is 5.26. The molecule has 80 valence electrons. The van der Waals surface area contributed by atoms with Crippen LogP contribution >= 0.6 is 0 Å². The fraction of sp³-hybridized carbons (Fsp3) is 0.417. The summed E-state index contributed by atoms with van der Waals surface area (Å²) in [6, 6.07) is 6.87. The van der Waals surface area contributed by atoms with Crippen molar-refractivity contribution < 1.29 is 9.90 Å². The summed E-state index contributed by atoms with van der Waals surface area (Å²) in [6.45, 7) is 0. The lowest BCUT2D eigenvalue weighted by Crippen LogP contribution is -2.15. The average Bonchev–Trinajstić information content (AvgIpc) is 3.01. The van der Waals surface area contributed by atoms with E-state index in [1.54, 1.807) is 12.1 Å². The van der Waals surface area contributed by atoms with Crippen molar-refractivity contribution in [1.29, 1.82) is 0 Å². The minimum Gasteiger partial charge on any atom is -0.478 e. The van der Waals surface area contributed by atoms with Crippen LogP contribution in [0.4, 0.5) is 0 Å². The molecule has 0 unspecified atom stereocenters. The van der Waals surface area contributed by atoms with Crippen LogP contribution in [0.5, 0.6) is 0 Å². The third kappa shape index (κ3) is 2.36. The largest absolute Gasteiger partial charge is 0.478 e. The predicted octanol–water partition coefficient (Wildman–Crippen LogP) is 2.18. The van der Waals surface area contributed by atoms with E-state index in [2.05, 4.69) is 0 Å². The molecular formula is C12H15NO2. The zero-order valence-corrected chi connectivity index (χ0v) is 8.52. The molecule has 0 aromatic heterocycles. The lowest BCUT2D eigenvalue weighted by molar-refractivity contribution is 0.0695. The Labute approximate surface area is 88.9 Å². The maximum absolute atomic E-state index is 11.0. The summed E-state index contributed by atoms with van der Waals surface area (Å²) in [4.78, 5) is 11.0. The second-order valence-corrected chi connectivity index (χ2v) is 4.18. The molecular weight excluding hydrogens is 190 g/mol. The van der Waals surface area contributed by atoms with Crippen molar-refractivity contribution in [2.24, 2.45) is 11.7 Å². The average molecular weight is 205 g/mol. The highest BCUT2D eigenvalue weighted by Crippen LogP contribution is 2.37. The molecule has 2 rings (SSSR count). The van der Waals surface area contributed by atoms with Gasteiger partial charge in [-0.25, -0.2) is 4.79 Å². The van der Waals surface area contributed by atoms with Gasteiger partial charge in [0.05, 0.1) is 5.56 Å². The normalized spacial score (nSPS) is 17.4. The van der Waals surface area contributed by atoms with Gasteiger partial charge >= 0.3 is 5.97 Å². The van der Waals surface area contributed by atoms with Crippen LogP contribution in [0.2, 0.25) is 0 Å². The lowest BCUT2D eigenvalue weighted by Gasteiger charge is -2.13. The van der Waals surface area contributed by atoms with Gasteiger partial charge in [0.15, 0.2) is 0 Å². The molecule has 3 N–H and O–H groups in total. The Hall–Kier alpha value is -1.35. The Bertz CT molecular complexity index is 372. The molecule has 15 heavy (non-hydrogen) atoms. The molecule has 0 bridgehead atoms. The highest BCUT2D eigenvalue weighted by atomic mass is 16.4. The first kappa shape index (κ1) is 10.2. The number of hydrogen-bond donors (Lipinski definition) is 2. The SMILES string of the molecule is N[C@@H](CC1CC1)c1ccccc1C(=O)O. The highest BCUT2D eigenvalue weighted by molar-refractivity contribution is 5.89. The monoisotopic (exact) mass is 205 g/mol. The molecule has 1 saturated carbocycles. The van der Waals surface area contributed by atoms with E-state index in [1.165, 1.54) is 12.8 Å². The van der Waals surface area contributed by atoms with Crippen molar-refractivity contribution in [1.82, 2.24) is 0 Å². The van der Waals surface area contributed by atoms with E-state index in [1.807, 2.05) is 12.1 Å². The summed E-state index contributed by atoms with van der Waals surface area (Å²) < 4.78 is 0. The van der Waals surface area contributed by atoms with Crippen molar-refractivity contribution in [3.8, 4) is 0 Å². The number of hydrogen-bond acceptors (Lipinski definition) is 2. The minimum atomic E-state index is -0.892. The van der Waals surface area contributed by atoms with E-state index < -0.39 is 5.97 Å². The molecule has 1 aromatic rings. The number of carbonyl (C=O) groups is 1. The van der Waals surface area contributed by atoms with Crippen LogP contribution in [-0.2, 0) is 0 Å². The van der Waals surface area contributed by atoms with Gasteiger partial charge in [-0.15, -0.1) is 0 Å². The number of rotatable bonds is 4. The number of carboxylic acids is 1. The molecule has 0 heterocycles. The van der Waals surface area contributed by atoms with Crippen molar-refractivity contribution in [2.75, 3.05) is 0 Å². The molecule has 0 radical (unpaired) electrons. The second kappa shape index (κ2) is 4.03. The maximum Gasteiger partial charge on any atom is 0.336 e. The summed E-state index contributed by atoms with van der Waals surface area (Å²) in [5, 5.41) is 9.01. The van der Waals surface area contributed by atoms with Gasteiger partial charge in [0.1, 0.15) is 0 Å². The van der Waals surface area contributed by atoms with Crippen LogP contribution in [0.3, 0.4) is 0 Å². The number of carboxylic acid groups (broad SMARTS) is 1. The van der Waals surface area contributed by atoms with Gasteiger partial charge < -0.3 is 10.8 Å². The second-order valence-electron chi connectivity index (χ2n) is 4.18. The van der Waals surface area contributed by atoms with Gasteiger partial charge in [0, 0.05) is 6.04 Å². The zero-order chi connectivity index (χ0) is 10.8. The lowest BCUT2D eigenvalue weighted by atomic mass is 9.97. The molecule has 1 aliphatic carbocycles. The van der Waals surface area contributed by atoms with Crippen LogP contribution in [0.15, 0.2) is 24.3 Å². The van der Waals surface area contributed by atoms with Gasteiger partial charge in [0.2, 0.25) is 0 Å². The molecule has 0 spiro atoms. The zero-order valence-electron chi connectivity index (χ0n) is 8.52. The molecule has 1 atom stereocenters. The Kier molecular flexibility index (Phi) is 2.73. The van der Waals surface area contributed by atoms with Crippen LogP contribution in [0.25, 0.3) is 0 Å². The van der Waals surface area contributed by atoms with Crippen LogP contribution in [-0.4, -0.2) is 11.1 Å². The van der Waals surface area contributed by atoms with Crippen LogP contribution in [0.1, 0.15) is 41.2 Å². The van der Waals surface area contributed by atoms with Gasteiger partial charge in [-0.3, -0.25) is 0 Å². The van der Waals surface area contributed by atoms with Crippen molar-refractivity contribution >= 4 is 5.97 Å². The fourth-order valence-corrected chi connectivity index (χ4v) is 1.85. The maximum atomic E-state index is 11.0. The first-order valence-electron chi connectivity index (χ1n) is 5.26. The van der Waals surface area contributed by atoms with Crippen molar-refractivity contribution in [2.45, 2.75) is 25.3 Å². The first-order chi connectivity index (χ1) is 7.18. The predicted molar refractivity (Wildman–Crippen MR) is 57.7 cm³/mol. The van der Waals surface area contributed by atoms with Gasteiger partial charge in [0.25, 0.3) is 0 Å². The van der Waals surface area contributed by atoms with Crippen LogP contribution < -0.4 is 5.73 Å². The number of nitrogens with two attached hydrogens (primary N) is 1. The molecule has 0 aliphatic heterocycles. The Morgan fingerprint density at radius 2 is 2.13 bits per heavy atom. The molecule has 0 amide bonds. The number of benzene rings is 1. The minimum absolute atomic E-state index is 0.134. The summed E-state index contributed by atoms with van der Waals surface area (Å²) >= 11 is 0. The van der Waals surface area contributed by atoms with Crippen LogP contribution in [0, 0.1) is 5.92 Å². The Morgan fingerprint density at radius 1 is 1.47 bits per heavy atom. The van der Waals surface area contributed by atoms with E-state index in [9.17, 15) is 4.79 Å². The summed E-state index contributed by atoms with van der Waals surface area (Å²) in [6.07, 6.45) is 3.39. The van der Waals surface area contributed by atoms with E-state index in [-0.39, 0.29) is 6.04 Å². The van der Waals surface area contributed by atoms with Gasteiger partial charge in [-0.05, 0) is 24.0 Å². The van der Waals surface area contributed by atoms with Crippen molar-refractivity contribution in [3.05, 3.63) is 35.4 Å². The Morgan fingerprint density at radius 3 is 2.73 bits per heavy atom. The molecule has 3 nitrogen and oxygen atoms in total. The molecule has 1 fully saturated rings. The summed E-state index contributed by atoms with van der Waals surface area (Å²) in [5.41, 5.74) is 7.11. The smallest absolute Gasteiger partial charge is 0.336 e. The highest BCUT2D eigenvalue weighted by Gasteiger charge is 2.26. The van der Waals surface area contributed by atoms with E-state index in [4.69, 9.17) is 10.8 Å². The Balaban J connectivity index is 2.20. The molecule has 1 aromatic carbocycles. The van der Waals surface area contributed by atoms with Crippen molar-refractivity contribution in [3.63, 3.8) is 0 Å². The molecule has 0 saturated heterocycles. The van der Waals surface area contributed by atoms with Gasteiger partial charge in [-0.2, -0.15) is 0 Å². The number of aromatic carboxylic acids is 1. The van der Waals surface area contributed by atoms with Gasteiger partial charge in [-0.1, -0.05) is 31.0 Å². The molecule has 3 heteroatoms. The quantitative estimate of drug-likeness (QED) is 0.791. The summed E-state index contributed by atoms with van der Waals surface area (Å²) in [5.74, 6) is -0.182. The van der Waals surface area contributed by atoms with E-state index >= 15 is 0 Å². The third-order valence-corrected chi connectivity index (χ3v) is 2.87.